The molecule has 2 aromatic heterocycles. The van der Waals surface area contributed by atoms with Crippen LogP contribution in [0.3, 0.4) is 0 Å². The Hall–Kier alpha value is -3.03. The van der Waals surface area contributed by atoms with Crippen molar-refractivity contribution in [3.8, 4) is 11.3 Å². The van der Waals surface area contributed by atoms with Crippen molar-refractivity contribution in [2.75, 3.05) is 0 Å². The minimum atomic E-state index is -3.74. The van der Waals surface area contributed by atoms with Gasteiger partial charge in [-0.05, 0) is 30.7 Å². The third-order valence-corrected chi connectivity index (χ3v) is 6.17. The second kappa shape index (κ2) is 6.61. The Morgan fingerprint density at radius 1 is 0.963 bits per heavy atom. The van der Waals surface area contributed by atoms with Crippen LogP contribution in [-0.2, 0) is 16.6 Å². The molecule has 0 unspecified atom stereocenters. The summed E-state index contributed by atoms with van der Waals surface area (Å²) in [7, 11) is -3.74. The van der Waals surface area contributed by atoms with Crippen LogP contribution in [0, 0.1) is 6.92 Å². The van der Waals surface area contributed by atoms with Gasteiger partial charge < -0.3 is 5.73 Å². The second-order valence-electron chi connectivity index (χ2n) is 6.29. The monoisotopic (exact) mass is 378 g/mol. The number of rotatable bonds is 4. The molecule has 136 valence electrons. The fourth-order valence-electron chi connectivity index (χ4n) is 2.97. The van der Waals surface area contributed by atoms with Crippen molar-refractivity contribution in [1.82, 2.24) is 13.9 Å². The van der Waals surface area contributed by atoms with Crippen molar-refractivity contribution in [3.05, 3.63) is 78.2 Å². The number of hydrogen-bond acceptors (Lipinski definition) is 5. The van der Waals surface area contributed by atoms with E-state index in [1.54, 1.807) is 30.3 Å². The highest BCUT2D eigenvalue weighted by atomic mass is 32.2. The number of benzene rings is 2. The normalized spacial score (nSPS) is 11.8. The van der Waals surface area contributed by atoms with E-state index in [1.807, 2.05) is 31.2 Å². The molecule has 2 N–H and O–H groups in total. The van der Waals surface area contributed by atoms with Gasteiger partial charge in [-0.2, -0.15) is 0 Å². The number of nitrogens with zero attached hydrogens (tertiary/aromatic N) is 3. The summed E-state index contributed by atoms with van der Waals surface area (Å²) in [4.78, 5) is 8.81. The largest absolute Gasteiger partial charge is 0.326 e. The first-order valence-electron chi connectivity index (χ1n) is 8.44. The maximum Gasteiger partial charge on any atom is 0.269 e. The van der Waals surface area contributed by atoms with E-state index in [4.69, 9.17) is 5.73 Å². The lowest BCUT2D eigenvalue weighted by molar-refractivity contribution is 0.588. The summed E-state index contributed by atoms with van der Waals surface area (Å²) in [6.07, 6.45) is 2.90. The Bertz CT molecular complexity index is 1210. The maximum atomic E-state index is 13.0. The molecule has 27 heavy (non-hydrogen) atoms. The number of hydrogen-bond donors (Lipinski definition) is 1. The third kappa shape index (κ3) is 3.01. The first-order chi connectivity index (χ1) is 13.0. The molecule has 0 saturated carbocycles. The summed E-state index contributed by atoms with van der Waals surface area (Å²) in [5, 5.41) is 0.675. The van der Waals surface area contributed by atoms with Crippen molar-refractivity contribution >= 4 is 21.1 Å². The highest BCUT2D eigenvalue weighted by Crippen LogP contribution is 2.28. The van der Waals surface area contributed by atoms with Crippen LogP contribution in [0.25, 0.3) is 22.3 Å². The molecular weight excluding hydrogens is 360 g/mol. The predicted octanol–water partition coefficient (Wildman–Crippen LogP) is 3.10. The Morgan fingerprint density at radius 3 is 2.33 bits per heavy atom. The smallest absolute Gasteiger partial charge is 0.269 e. The van der Waals surface area contributed by atoms with Crippen LogP contribution in [0.4, 0.5) is 0 Å². The summed E-state index contributed by atoms with van der Waals surface area (Å²) >= 11 is 0. The van der Waals surface area contributed by atoms with Crippen LogP contribution >= 0.6 is 0 Å². The molecule has 4 rings (SSSR count). The zero-order valence-corrected chi connectivity index (χ0v) is 15.5. The zero-order chi connectivity index (χ0) is 19.0. The Labute approximate surface area is 157 Å². The molecular formula is C20H18N4O2S. The molecule has 2 aromatic carbocycles. The summed E-state index contributed by atoms with van der Waals surface area (Å²) < 4.78 is 27.3. The van der Waals surface area contributed by atoms with Crippen molar-refractivity contribution in [1.29, 1.82) is 0 Å². The van der Waals surface area contributed by atoms with E-state index in [0.717, 1.165) is 16.7 Å². The molecule has 6 nitrogen and oxygen atoms in total. The second-order valence-corrected chi connectivity index (χ2v) is 8.11. The van der Waals surface area contributed by atoms with Gasteiger partial charge in [0.25, 0.3) is 10.0 Å². The quantitative estimate of drug-likeness (QED) is 0.589. The van der Waals surface area contributed by atoms with Gasteiger partial charge >= 0.3 is 0 Å². The number of fused-ring (bicyclic) bond motifs is 1. The van der Waals surface area contributed by atoms with Crippen LogP contribution in [0.15, 0.2) is 72.0 Å². The first kappa shape index (κ1) is 17.4. The van der Waals surface area contributed by atoms with E-state index in [0.29, 0.717) is 23.3 Å². The lowest BCUT2D eigenvalue weighted by atomic mass is 10.1. The van der Waals surface area contributed by atoms with E-state index < -0.39 is 10.0 Å². The summed E-state index contributed by atoms with van der Waals surface area (Å²) in [5.41, 5.74) is 9.58. The Balaban J connectivity index is 1.86. The highest BCUT2D eigenvalue weighted by molar-refractivity contribution is 7.90. The van der Waals surface area contributed by atoms with Crippen molar-refractivity contribution < 1.29 is 8.42 Å². The van der Waals surface area contributed by atoms with Gasteiger partial charge in [-0.15, -0.1) is 0 Å². The molecule has 0 bridgehead atoms. The van der Waals surface area contributed by atoms with E-state index in [9.17, 15) is 8.42 Å². The Kier molecular flexibility index (Phi) is 4.25. The van der Waals surface area contributed by atoms with Gasteiger partial charge in [-0.3, -0.25) is 0 Å². The van der Waals surface area contributed by atoms with E-state index >= 15 is 0 Å². The molecule has 0 spiro atoms. The van der Waals surface area contributed by atoms with Gasteiger partial charge in [0, 0.05) is 23.7 Å². The number of aryl methyl sites for hydroxylation is 1. The van der Waals surface area contributed by atoms with E-state index in [2.05, 4.69) is 9.97 Å². The molecule has 0 aliphatic carbocycles. The molecule has 7 heteroatoms. The van der Waals surface area contributed by atoms with Crippen LogP contribution in [-0.4, -0.2) is 22.4 Å². The minimum Gasteiger partial charge on any atom is -0.326 e. The lowest BCUT2D eigenvalue weighted by Gasteiger charge is -2.08. The highest BCUT2D eigenvalue weighted by Gasteiger charge is 2.21. The molecule has 0 amide bonds. The summed E-state index contributed by atoms with van der Waals surface area (Å²) in [5.74, 6) is 0. The van der Waals surface area contributed by atoms with Gasteiger partial charge in [0.1, 0.15) is 6.33 Å². The fourth-order valence-corrected chi connectivity index (χ4v) is 4.28. The minimum absolute atomic E-state index is 0.220. The molecule has 0 aliphatic heterocycles. The lowest BCUT2D eigenvalue weighted by Crippen LogP contribution is -2.12. The van der Waals surface area contributed by atoms with Gasteiger partial charge in [-0.25, -0.2) is 22.4 Å². The van der Waals surface area contributed by atoms with Crippen molar-refractivity contribution in [2.45, 2.75) is 18.4 Å². The number of aromatic nitrogens is 3. The molecule has 0 fully saturated rings. The topological polar surface area (TPSA) is 90.9 Å². The van der Waals surface area contributed by atoms with E-state index in [-0.39, 0.29) is 4.90 Å². The fraction of sp³-hybridized carbons (Fsp3) is 0.100. The van der Waals surface area contributed by atoms with Crippen LogP contribution in [0.5, 0.6) is 0 Å². The van der Waals surface area contributed by atoms with Gasteiger partial charge in [0.2, 0.25) is 0 Å². The van der Waals surface area contributed by atoms with Gasteiger partial charge in [0.15, 0.2) is 5.65 Å². The predicted molar refractivity (Wildman–Crippen MR) is 105 cm³/mol. The van der Waals surface area contributed by atoms with Gasteiger partial charge in [0.05, 0.1) is 10.6 Å². The maximum absolute atomic E-state index is 13.0. The average molecular weight is 378 g/mol. The van der Waals surface area contributed by atoms with Crippen molar-refractivity contribution in [3.63, 3.8) is 0 Å². The molecule has 0 radical (unpaired) electrons. The average Bonchev–Trinajstić information content (AvgIpc) is 3.13. The summed E-state index contributed by atoms with van der Waals surface area (Å²) in [6.45, 7) is 2.38. The van der Waals surface area contributed by atoms with Crippen molar-refractivity contribution in [2.24, 2.45) is 5.73 Å². The van der Waals surface area contributed by atoms with Crippen LogP contribution in [0.2, 0.25) is 0 Å². The third-order valence-electron chi connectivity index (χ3n) is 4.49. The van der Waals surface area contributed by atoms with E-state index in [1.165, 1.54) is 16.5 Å². The number of nitrogens with two attached hydrogens (primary N) is 1. The summed E-state index contributed by atoms with van der Waals surface area (Å²) in [6, 6.07) is 16.2. The molecule has 2 heterocycles. The van der Waals surface area contributed by atoms with Crippen LogP contribution in [0.1, 0.15) is 11.1 Å². The molecule has 0 saturated heterocycles. The van der Waals surface area contributed by atoms with Crippen LogP contribution < -0.4 is 5.73 Å². The Morgan fingerprint density at radius 2 is 1.67 bits per heavy atom. The molecule has 0 atom stereocenters. The first-order valence-corrected chi connectivity index (χ1v) is 9.88. The standard InChI is InChI=1S/C20H18N4O2S/c1-14-2-8-17(9-3-14)27(25,26)24-11-10-18-19(22-13-23-20(18)24)16-6-4-15(12-21)5-7-16/h2-11,13H,12,21H2,1H3. The molecule has 4 aromatic rings. The zero-order valence-electron chi connectivity index (χ0n) is 14.7. The molecule has 0 aliphatic rings. The van der Waals surface area contributed by atoms with Gasteiger partial charge in [-0.1, -0.05) is 42.0 Å². The SMILES string of the molecule is Cc1ccc(S(=O)(=O)n2ccc3c(-c4ccc(CN)cc4)ncnc32)cc1.